The maximum Gasteiger partial charge on any atom is 0.251 e. The number of benzene rings is 2. The summed E-state index contributed by atoms with van der Waals surface area (Å²) in [6.07, 6.45) is 0. The fourth-order valence-corrected chi connectivity index (χ4v) is 2.74. The zero-order valence-corrected chi connectivity index (χ0v) is 18.9. The number of amides is 1. The van der Waals surface area contributed by atoms with Crippen LogP contribution >= 0.6 is 35.6 Å². The molecular formula is C20H26ClIN4O. The average molecular weight is 501 g/mol. The smallest absolute Gasteiger partial charge is 0.251 e. The summed E-state index contributed by atoms with van der Waals surface area (Å²) in [5.74, 6) is 0.734. The standard InChI is InChI=1S/C20H25ClN4O.HI/c1-4-23-20(25(3)14-16-6-5-7-18(21)12-16)24-13-15-8-10-17(11-9-15)19(26)22-2;/h5-12H,4,13-14H2,1-3H3,(H,22,26)(H,23,24);1H. The first-order valence-electron chi connectivity index (χ1n) is 8.58. The quantitative estimate of drug-likeness (QED) is 0.359. The highest BCUT2D eigenvalue weighted by molar-refractivity contribution is 14.0. The fraction of sp³-hybridized carbons (Fsp3) is 0.300. The van der Waals surface area contributed by atoms with Crippen LogP contribution in [0.3, 0.4) is 0 Å². The molecule has 27 heavy (non-hydrogen) atoms. The lowest BCUT2D eigenvalue weighted by Crippen LogP contribution is -2.38. The number of aliphatic imine (C=N–C) groups is 1. The summed E-state index contributed by atoms with van der Waals surface area (Å²) in [7, 11) is 3.62. The van der Waals surface area contributed by atoms with Crippen molar-refractivity contribution in [2.75, 3.05) is 20.6 Å². The van der Waals surface area contributed by atoms with Gasteiger partial charge in [0.15, 0.2) is 5.96 Å². The van der Waals surface area contributed by atoms with E-state index in [-0.39, 0.29) is 29.9 Å². The third-order valence-electron chi connectivity index (χ3n) is 3.86. The van der Waals surface area contributed by atoms with Gasteiger partial charge in [-0.15, -0.1) is 24.0 Å². The molecular weight excluding hydrogens is 475 g/mol. The third kappa shape index (κ3) is 7.38. The van der Waals surface area contributed by atoms with Crippen molar-refractivity contribution >= 4 is 47.4 Å². The van der Waals surface area contributed by atoms with E-state index in [9.17, 15) is 4.79 Å². The number of guanidine groups is 1. The summed E-state index contributed by atoms with van der Waals surface area (Å²) in [6.45, 7) is 4.08. The van der Waals surface area contributed by atoms with Crippen molar-refractivity contribution < 1.29 is 4.79 Å². The van der Waals surface area contributed by atoms with Crippen molar-refractivity contribution in [1.29, 1.82) is 0 Å². The lowest BCUT2D eigenvalue weighted by molar-refractivity contribution is 0.0963. The van der Waals surface area contributed by atoms with Crippen LogP contribution in [0.1, 0.15) is 28.4 Å². The molecule has 0 aliphatic carbocycles. The highest BCUT2D eigenvalue weighted by Gasteiger charge is 2.07. The second-order valence-electron chi connectivity index (χ2n) is 5.93. The van der Waals surface area contributed by atoms with Crippen LogP contribution in [0.15, 0.2) is 53.5 Å². The molecule has 0 bridgehead atoms. The Kier molecular flexibility index (Phi) is 10.2. The molecule has 0 spiro atoms. The van der Waals surface area contributed by atoms with Gasteiger partial charge in [0.05, 0.1) is 6.54 Å². The van der Waals surface area contributed by atoms with Crippen LogP contribution in [-0.4, -0.2) is 37.4 Å². The van der Waals surface area contributed by atoms with Crippen molar-refractivity contribution in [2.24, 2.45) is 4.99 Å². The van der Waals surface area contributed by atoms with Gasteiger partial charge in [-0.05, 0) is 42.3 Å². The van der Waals surface area contributed by atoms with Gasteiger partial charge in [0, 0.05) is 37.8 Å². The first-order valence-corrected chi connectivity index (χ1v) is 8.96. The number of halogens is 2. The summed E-state index contributed by atoms with van der Waals surface area (Å²) >= 11 is 6.06. The molecule has 0 unspecified atom stereocenters. The molecule has 0 atom stereocenters. The number of nitrogens with one attached hydrogen (secondary N) is 2. The molecule has 0 fully saturated rings. The van der Waals surface area contributed by atoms with Gasteiger partial charge < -0.3 is 15.5 Å². The molecule has 2 rings (SSSR count). The second-order valence-corrected chi connectivity index (χ2v) is 6.37. The highest BCUT2D eigenvalue weighted by Crippen LogP contribution is 2.12. The van der Waals surface area contributed by atoms with Crippen molar-refractivity contribution in [2.45, 2.75) is 20.0 Å². The van der Waals surface area contributed by atoms with E-state index < -0.39 is 0 Å². The Labute approximate surface area is 183 Å². The predicted molar refractivity (Wildman–Crippen MR) is 123 cm³/mol. The molecule has 146 valence electrons. The fourth-order valence-electron chi connectivity index (χ4n) is 2.53. The molecule has 1 amide bonds. The molecule has 0 saturated heterocycles. The van der Waals surface area contributed by atoms with Crippen LogP contribution in [-0.2, 0) is 13.1 Å². The first kappa shape index (κ1) is 23.2. The van der Waals surface area contributed by atoms with E-state index in [0.29, 0.717) is 18.7 Å². The lowest BCUT2D eigenvalue weighted by Gasteiger charge is -2.22. The van der Waals surface area contributed by atoms with Gasteiger partial charge in [0.2, 0.25) is 0 Å². The van der Waals surface area contributed by atoms with Gasteiger partial charge in [-0.1, -0.05) is 35.9 Å². The molecule has 0 aromatic heterocycles. The number of carbonyl (C=O) groups excluding carboxylic acids is 1. The summed E-state index contributed by atoms with van der Waals surface area (Å²) in [4.78, 5) is 18.4. The van der Waals surface area contributed by atoms with Crippen LogP contribution < -0.4 is 10.6 Å². The minimum Gasteiger partial charge on any atom is -0.357 e. The molecule has 0 heterocycles. The van der Waals surface area contributed by atoms with Gasteiger partial charge in [-0.25, -0.2) is 4.99 Å². The largest absolute Gasteiger partial charge is 0.357 e. The van der Waals surface area contributed by atoms with E-state index in [2.05, 4.69) is 15.5 Å². The van der Waals surface area contributed by atoms with E-state index in [4.69, 9.17) is 16.6 Å². The van der Waals surface area contributed by atoms with Crippen molar-refractivity contribution in [3.8, 4) is 0 Å². The number of nitrogens with zero attached hydrogens (tertiary/aromatic N) is 2. The summed E-state index contributed by atoms with van der Waals surface area (Å²) in [5, 5.41) is 6.65. The Hall–Kier alpha value is -1.80. The van der Waals surface area contributed by atoms with Crippen molar-refractivity contribution in [1.82, 2.24) is 15.5 Å². The zero-order valence-electron chi connectivity index (χ0n) is 15.8. The SMILES string of the molecule is CCNC(=NCc1ccc(C(=O)NC)cc1)N(C)Cc1cccc(Cl)c1.I. The van der Waals surface area contributed by atoms with Crippen LogP contribution in [0, 0.1) is 0 Å². The highest BCUT2D eigenvalue weighted by atomic mass is 127. The summed E-state index contributed by atoms with van der Waals surface area (Å²) < 4.78 is 0. The zero-order chi connectivity index (χ0) is 18.9. The van der Waals surface area contributed by atoms with Crippen molar-refractivity contribution in [3.05, 3.63) is 70.2 Å². The Bertz CT molecular complexity index is 765. The number of rotatable bonds is 6. The van der Waals surface area contributed by atoms with E-state index in [0.717, 1.165) is 28.7 Å². The average Bonchev–Trinajstić information content (AvgIpc) is 2.64. The van der Waals surface area contributed by atoms with Crippen LogP contribution in [0.25, 0.3) is 0 Å². The van der Waals surface area contributed by atoms with Gasteiger partial charge in [-0.3, -0.25) is 4.79 Å². The molecule has 0 aliphatic heterocycles. The third-order valence-corrected chi connectivity index (χ3v) is 4.09. The van der Waals surface area contributed by atoms with E-state index >= 15 is 0 Å². The molecule has 7 heteroatoms. The second kappa shape index (κ2) is 11.8. The Balaban J connectivity index is 0.00000364. The number of hydrogen-bond donors (Lipinski definition) is 2. The summed E-state index contributed by atoms with van der Waals surface area (Å²) in [5.41, 5.74) is 2.81. The Morgan fingerprint density at radius 1 is 1.15 bits per heavy atom. The maximum absolute atomic E-state index is 11.6. The monoisotopic (exact) mass is 500 g/mol. The van der Waals surface area contributed by atoms with Gasteiger partial charge in [-0.2, -0.15) is 0 Å². The number of hydrogen-bond acceptors (Lipinski definition) is 2. The Morgan fingerprint density at radius 3 is 2.44 bits per heavy atom. The van der Waals surface area contributed by atoms with Crippen molar-refractivity contribution in [3.63, 3.8) is 0 Å². The molecule has 5 nitrogen and oxygen atoms in total. The minimum absolute atomic E-state index is 0. The molecule has 2 aromatic rings. The van der Waals surface area contributed by atoms with Gasteiger partial charge in [0.25, 0.3) is 5.91 Å². The normalized spacial score (nSPS) is 10.7. The van der Waals surface area contributed by atoms with E-state index in [1.54, 1.807) is 7.05 Å². The van der Waals surface area contributed by atoms with E-state index in [1.807, 2.05) is 62.5 Å². The van der Waals surface area contributed by atoms with Gasteiger partial charge >= 0.3 is 0 Å². The van der Waals surface area contributed by atoms with Crippen LogP contribution in [0.5, 0.6) is 0 Å². The summed E-state index contributed by atoms with van der Waals surface area (Å²) in [6, 6.07) is 15.3. The first-order chi connectivity index (χ1) is 12.5. The lowest BCUT2D eigenvalue weighted by atomic mass is 10.1. The van der Waals surface area contributed by atoms with E-state index in [1.165, 1.54) is 0 Å². The topological polar surface area (TPSA) is 56.7 Å². The van der Waals surface area contributed by atoms with Crippen LogP contribution in [0.2, 0.25) is 5.02 Å². The Morgan fingerprint density at radius 2 is 1.85 bits per heavy atom. The molecule has 0 aliphatic rings. The minimum atomic E-state index is -0.0883. The van der Waals surface area contributed by atoms with Gasteiger partial charge in [0.1, 0.15) is 0 Å². The van der Waals surface area contributed by atoms with Crippen LogP contribution in [0.4, 0.5) is 0 Å². The maximum atomic E-state index is 11.6. The predicted octanol–water partition coefficient (Wildman–Crippen LogP) is 3.92. The molecule has 2 aromatic carbocycles. The molecule has 0 radical (unpaired) electrons. The molecule has 0 saturated carbocycles. The molecule has 2 N–H and O–H groups in total. The number of carbonyl (C=O) groups is 1.